The van der Waals surface area contributed by atoms with Crippen LogP contribution in [-0.4, -0.2) is 0 Å². The number of rotatable bonds is 1. The Balaban J connectivity index is 2.29. The van der Waals surface area contributed by atoms with E-state index < -0.39 is 0 Å². The molecule has 0 saturated heterocycles. The lowest BCUT2D eigenvalue weighted by Crippen LogP contribution is -2.16. The summed E-state index contributed by atoms with van der Waals surface area (Å²) in [6.45, 7) is 2.40. The Bertz CT molecular complexity index is 280. The van der Waals surface area contributed by atoms with Crippen LogP contribution < -0.4 is 0 Å². The molecular formula is C12H15I. The number of hydrogen-bond donors (Lipinski definition) is 0. The fraction of sp³-hybridized carbons (Fsp3) is 0.500. The van der Waals surface area contributed by atoms with Crippen molar-refractivity contribution in [3.8, 4) is 0 Å². The molecule has 0 spiro atoms. The zero-order valence-corrected chi connectivity index (χ0v) is 10.2. The first-order valence-corrected chi connectivity index (χ1v) is 6.05. The van der Waals surface area contributed by atoms with E-state index in [2.05, 4.69) is 53.8 Å². The van der Waals surface area contributed by atoms with Gasteiger partial charge in [-0.3, -0.25) is 0 Å². The van der Waals surface area contributed by atoms with Crippen molar-refractivity contribution in [1.29, 1.82) is 0 Å². The van der Waals surface area contributed by atoms with Crippen LogP contribution in [0.1, 0.15) is 38.2 Å². The fourth-order valence-electron chi connectivity index (χ4n) is 2.30. The molecule has 13 heavy (non-hydrogen) atoms. The fourth-order valence-corrected chi connectivity index (χ4v) is 2.66. The van der Waals surface area contributed by atoms with Crippen LogP contribution in [0.25, 0.3) is 0 Å². The first kappa shape index (κ1) is 9.50. The highest BCUT2D eigenvalue weighted by atomic mass is 127. The van der Waals surface area contributed by atoms with E-state index in [1.165, 1.54) is 34.8 Å². The minimum atomic E-state index is 0.477. The van der Waals surface area contributed by atoms with E-state index in [0.717, 1.165) is 0 Å². The Labute approximate surface area is 93.9 Å². The van der Waals surface area contributed by atoms with Gasteiger partial charge in [0, 0.05) is 3.57 Å². The third-order valence-electron chi connectivity index (χ3n) is 3.25. The summed E-state index contributed by atoms with van der Waals surface area (Å²) in [7, 11) is 0. The summed E-state index contributed by atoms with van der Waals surface area (Å²) < 4.78 is 1.34. The highest BCUT2D eigenvalue weighted by molar-refractivity contribution is 14.1. The van der Waals surface area contributed by atoms with E-state index in [0.29, 0.717) is 5.41 Å². The lowest BCUT2D eigenvalue weighted by atomic mass is 9.81. The second-order valence-electron chi connectivity index (χ2n) is 4.27. The molecular weight excluding hydrogens is 271 g/mol. The third kappa shape index (κ3) is 1.90. The second kappa shape index (κ2) is 3.60. The Hall–Kier alpha value is -0.0500. The molecule has 0 radical (unpaired) electrons. The molecule has 1 aromatic rings. The van der Waals surface area contributed by atoms with E-state index in [-0.39, 0.29) is 0 Å². The highest BCUT2D eigenvalue weighted by Gasteiger charge is 2.29. The maximum Gasteiger partial charge on any atom is 0.0130 e. The van der Waals surface area contributed by atoms with Gasteiger partial charge in [-0.15, -0.1) is 0 Å². The molecule has 1 aliphatic carbocycles. The topological polar surface area (TPSA) is 0 Å². The summed E-state index contributed by atoms with van der Waals surface area (Å²) in [5.41, 5.74) is 2.01. The second-order valence-corrected chi connectivity index (χ2v) is 5.52. The third-order valence-corrected chi connectivity index (χ3v) is 3.97. The van der Waals surface area contributed by atoms with Crippen LogP contribution in [0.4, 0.5) is 0 Å². The van der Waals surface area contributed by atoms with Crippen LogP contribution in [-0.2, 0) is 5.41 Å². The molecule has 0 unspecified atom stereocenters. The summed E-state index contributed by atoms with van der Waals surface area (Å²) >= 11 is 2.36. The maximum atomic E-state index is 2.40. The molecule has 1 fully saturated rings. The van der Waals surface area contributed by atoms with Gasteiger partial charge in [0.1, 0.15) is 0 Å². The van der Waals surface area contributed by atoms with Gasteiger partial charge in [0.25, 0.3) is 0 Å². The quantitative estimate of drug-likeness (QED) is 0.681. The van der Waals surface area contributed by atoms with Crippen molar-refractivity contribution >= 4 is 22.6 Å². The predicted molar refractivity (Wildman–Crippen MR) is 65.0 cm³/mol. The smallest absolute Gasteiger partial charge is 0.0130 e. The normalized spacial score (nSPS) is 20.5. The van der Waals surface area contributed by atoms with Gasteiger partial charge in [0.15, 0.2) is 0 Å². The minimum absolute atomic E-state index is 0.477. The Morgan fingerprint density at radius 2 is 1.62 bits per heavy atom. The standard InChI is InChI=1S/C12H15I/c1-12(8-2-3-9-12)10-4-6-11(13)7-5-10/h4-7H,2-3,8-9H2,1H3. The summed E-state index contributed by atoms with van der Waals surface area (Å²) in [5.74, 6) is 0. The van der Waals surface area contributed by atoms with Crippen LogP contribution in [0.2, 0.25) is 0 Å². The number of hydrogen-bond acceptors (Lipinski definition) is 0. The molecule has 0 nitrogen and oxygen atoms in total. The van der Waals surface area contributed by atoms with Gasteiger partial charge < -0.3 is 0 Å². The summed E-state index contributed by atoms with van der Waals surface area (Å²) in [6, 6.07) is 9.04. The molecule has 0 aromatic heterocycles. The van der Waals surface area contributed by atoms with Crippen molar-refractivity contribution in [2.24, 2.45) is 0 Å². The largest absolute Gasteiger partial charge is 0.0574 e. The van der Waals surface area contributed by atoms with E-state index in [4.69, 9.17) is 0 Å². The van der Waals surface area contributed by atoms with Gasteiger partial charge >= 0.3 is 0 Å². The van der Waals surface area contributed by atoms with Crippen molar-refractivity contribution < 1.29 is 0 Å². The van der Waals surface area contributed by atoms with E-state index in [1.807, 2.05) is 0 Å². The van der Waals surface area contributed by atoms with E-state index >= 15 is 0 Å². The van der Waals surface area contributed by atoms with Crippen molar-refractivity contribution in [3.63, 3.8) is 0 Å². The van der Waals surface area contributed by atoms with E-state index in [1.54, 1.807) is 0 Å². The Morgan fingerprint density at radius 3 is 2.15 bits per heavy atom. The molecule has 0 N–H and O–H groups in total. The van der Waals surface area contributed by atoms with Gasteiger partial charge in [0.05, 0.1) is 0 Å². The molecule has 1 saturated carbocycles. The van der Waals surface area contributed by atoms with Crippen LogP contribution in [0.15, 0.2) is 24.3 Å². The summed E-state index contributed by atoms with van der Waals surface area (Å²) in [6.07, 6.45) is 5.55. The maximum absolute atomic E-state index is 2.40. The molecule has 1 aromatic carbocycles. The summed E-state index contributed by atoms with van der Waals surface area (Å²) in [4.78, 5) is 0. The molecule has 0 atom stereocenters. The summed E-state index contributed by atoms with van der Waals surface area (Å²) in [5, 5.41) is 0. The number of halogens is 1. The molecule has 0 bridgehead atoms. The van der Waals surface area contributed by atoms with Crippen LogP contribution in [0, 0.1) is 3.57 Å². The van der Waals surface area contributed by atoms with Gasteiger partial charge in [-0.2, -0.15) is 0 Å². The zero-order valence-electron chi connectivity index (χ0n) is 8.02. The van der Waals surface area contributed by atoms with Crippen molar-refractivity contribution in [2.75, 3.05) is 0 Å². The van der Waals surface area contributed by atoms with Crippen LogP contribution >= 0.6 is 22.6 Å². The van der Waals surface area contributed by atoms with Crippen LogP contribution in [0.3, 0.4) is 0 Å². The van der Waals surface area contributed by atoms with Crippen LogP contribution in [0.5, 0.6) is 0 Å². The van der Waals surface area contributed by atoms with Gasteiger partial charge in [-0.1, -0.05) is 31.9 Å². The van der Waals surface area contributed by atoms with Gasteiger partial charge in [0.2, 0.25) is 0 Å². The zero-order chi connectivity index (χ0) is 9.31. The van der Waals surface area contributed by atoms with Gasteiger partial charge in [-0.25, -0.2) is 0 Å². The van der Waals surface area contributed by atoms with Gasteiger partial charge in [-0.05, 0) is 58.5 Å². The molecule has 0 amide bonds. The molecule has 1 heteroatoms. The Morgan fingerprint density at radius 1 is 1.08 bits per heavy atom. The monoisotopic (exact) mass is 286 g/mol. The predicted octanol–water partition coefficient (Wildman–Crippen LogP) is 4.12. The molecule has 0 heterocycles. The average molecular weight is 286 g/mol. The van der Waals surface area contributed by atoms with E-state index in [9.17, 15) is 0 Å². The van der Waals surface area contributed by atoms with Crippen molar-refractivity contribution in [1.82, 2.24) is 0 Å². The average Bonchev–Trinajstić information content (AvgIpc) is 2.54. The molecule has 70 valence electrons. The van der Waals surface area contributed by atoms with Crippen molar-refractivity contribution in [2.45, 2.75) is 38.0 Å². The lowest BCUT2D eigenvalue weighted by molar-refractivity contribution is 0.491. The highest BCUT2D eigenvalue weighted by Crippen LogP contribution is 2.40. The molecule has 1 aliphatic rings. The minimum Gasteiger partial charge on any atom is -0.0574 e. The lowest BCUT2D eigenvalue weighted by Gasteiger charge is -2.23. The first-order chi connectivity index (χ1) is 6.21. The number of benzene rings is 1. The molecule has 2 rings (SSSR count). The Kier molecular flexibility index (Phi) is 2.63. The molecule has 0 aliphatic heterocycles. The van der Waals surface area contributed by atoms with Crippen molar-refractivity contribution in [3.05, 3.63) is 33.4 Å². The SMILES string of the molecule is CC1(c2ccc(I)cc2)CCCC1. The first-order valence-electron chi connectivity index (χ1n) is 4.97.